The van der Waals surface area contributed by atoms with Crippen molar-refractivity contribution in [2.75, 3.05) is 6.54 Å². The fourth-order valence-electron chi connectivity index (χ4n) is 1.09. The molecule has 0 radical (unpaired) electrons. The molecule has 0 aliphatic rings. The molecule has 1 rings (SSSR count). The lowest BCUT2D eigenvalue weighted by Gasteiger charge is -2.03. The monoisotopic (exact) mass is 186 g/mol. The first-order valence-electron chi connectivity index (χ1n) is 3.63. The highest BCUT2D eigenvalue weighted by atomic mass is 32.1. The van der Waals surface area contributed by atoms with Crippen molar-refractivity contribution >= 4 is 11.3 Å². The van der Waals surface area contributed by atoms with Gasteiger partial charge in [0.25, 0.3) is 0 Å². The number of nitro groups is 1. The van der Waals surface area contributed by atoms with Gasteiger partial charge in [-0.1, -0.05) is 6.92 Å². The summed E-state index contributed by atoms with van der Waals surface area (Å²) in [6.45, 7) is 3.72. The first-order valence-corrected chi connectivity index (χ1v) is 4.51. The minimum Gasteiger partial charge on any atom is -0.265 e. The van der Waals surface area contributed by atoms with E-state index in [0.29, 0.717) is 0 Å². The molecule has 0 fully saturated rings. The highest BCUT2D eigenvalue weighted by Crippen LogP contribution is 2.22. The summed E-state index contributed by atoms with van der Waals surface area (Å²) in [4.78, 5) is 15.0. The van der Waals surface area contributed by atoms with Crippen LogP contribution in [0.25, 0.3) is 0 Å². The zero-order valence-corrected chi connectivity index (χ0v) is 7.80. The normalized spacial score (nSPS) is 12.8. The number of aryl methyl sites for hydroxylation is 1. The van der Waals surface area contributed by atoms with E-state index in [9.17, 15) is 10.1 Å². The van der Waals surface area contributed by atoms with Crippen LogP contribution in [0, 0.1) is 17.0 Å². The summed E-state index contributed by atoms with van der Waals surface area (Å²) in [5.74, 6) is -0.0208. The van der Waals surface area contributed by atoms with E-state index < -0.39 is 0 Å². The van der Waals surface area contributed by atoms with Crippen molar-refractivity contribution in [1.82, 2.24) is 4.98 Å². The summed E-state index contributed by atoms with van der Waals surface area (Å²) in [7, 11) is 0. The maximum atomic E-state index is 10.2. The molecule has 0 saturated heterocycles. The van der Waals surface area contributed by atoms with Gasteiger partial charge in [-0.15, -0.1) is 11.3 Å². The molecule has 0 saturated carbocycles. The van der Waals surface area contributed by atoms with Gasteiger partial charge in [0.15, 0.2) is 0 Å². The molecule has 5 heteroatoms. The van der Waals surface area contributed by atoms with Gasteiger partial charge in [0, 0.05) is 9.80 Å². The average Bonchev–Trinajstić information content (AvgIpc) is 2.33. The molecule has 4 nitrogen and oxygen atoms in total. The van der Waals surface area contributed by atoms with Crippen LogP contribution in [0.3, 0.4) is 0 Å². The number of hydrogen-bond donors (Lipinski definition) is 0. The molecule has 0 spiro atoms. The summed E-state index contributed by atoms with van der Waals surface area (Å²) in [6, 6.07) is 0. The number of nitrogens with zero attached hydrogens (tertiary/aromatic N) is 2. The van der Waals surface area contributed by atoms with E-state index in [-0.39, 0.29) is 17.4 Å². The Morgan fingerprint density at radius 2 is 2.50 bits per heavy atom. The fraction of sp³-hybridized carbons (Fsp3) is 0.571. The van der Waals surface area contributed by atoms with Gasteiger partial charge in [-0.2, -0.15) is 0 Å². The Bertz CT molecular complexity index is 285. The van der Waals surface area contributed by atoms with E-state index in [2.05, 4.69) is 4.98 Å². The molecule has 12 heavy (non-hydrogen) atoms. The molecule has 1 aromatic rings. The number of rotatable bonds is 3. The summed E-state index contributed by atoms with van der Waals surface area (Å²) < 4.78 is 0. The maximum absolute atomic E-state index is 10.2. The molecule has 0 aromatic carbocycles. The Hall–Kier alpha value is -0.970. The van der Waals surface area contributed by atoms with Gasteiger partial charge in [-0.05, 0) is 6.92 Å². The minimum absolute atomic E-state index is 0.0109. The first-order chi connectivity index (χ1) is 5.61. The van der Waals surface area contributed by atoms with Gasteiger partial charge in [-0.25, -0.2) is 4.98 Å². The lowest BCUT2D eigenvalue weighted by atomic mass is 10.1. The van der Waals surface area contributed by atoms with Gasteiger partial charge in [0.2, 0.25) is 6.54 Å². The summed E-state index contributed by atoms with van der Waals surface area (Å²) in [6.07, 6.45) is 0. The van der Waals surface area contributed by atoms with Crippen LogP contribution in [0.15, 0.2) is 5.51 Å². The second kappa shape index (κ2) is 3.62. The molecule has 0 bridgehead atoms. The predicted molar refractivity (Wildman–Crippen MR) is 47.1 cm³/mol. The summed E-state index contributed by atoms with van der Waals surface area (Å²) in [5, 5.41) is 10.2. The molecule has 1 unspecified atom stereocenters. The zero-order valence-electron chi connectivity index (χ0n) is 6.98. The van der Waals surface area contributed by atoms with Gasteiger partial charge >= 0.3 is 0 Å². The highest BCUT2D eigenvalue weighted by Gasteiger charge is 2.15. The third kappa shape index (κ3) is 2.01. The van der Waals surface area contributed by atoms with Crippen molar-refractivity contribution in [2.45, 2.75) is 19.8 Å². The third-order valence-corrected chi connectivity index (χ3v) is 2.82. The summed E-state index contributed by atoms with van der Waals surface area (Å²) >= 11 is 1.48. The fourth-order valence-corrected chi connectivity index (χ4v) is 1.94. The minimum atomic E-state index is -0.288. The third-order valence-electron chi connectivity index (χ3n) is 1.65. The molecule has 1 heterocycles. The highest BCUT2D eigenvalue weighted by molar-refractivity contribution is 7.09. The van der Waals surface area contributed by atoms with Crippen LogP contribution in [0.5, 0.6) is 0 Å². The van der Waals surface area contributed by atoms with E-state index in [0.717, 1.165) is 10.6 Å². The zero-order chi connectivity index (χ0) is 9.14. The Kier molecular flexibility index (Phi) is 2.75. The van der Waals surface area contributed by atoms with E-state index >= 15 is 0 Å². The smallest absolute Gasteiger partial charge is 0.211 e. The van der Waals surface area contributed by atoms with Crippen LogP contribution in [0.1, 0.15) is 23.4 Å². The SMILES string of the molecule is Cc1ncsc1C(C)C[N+](=O)[O-]. The van der Waals surface area contributed by atoms with Gasteiger partial charge < -0.3 is 0 Å². The van der Waals surface area contributed by atoms with Crippen LogP contribution >= 0.6 is 11.3 Å². The quantitative estimate of drug-likeness (QED) is 0.534. The van der Waals surface area contributed by atoms with Crippen LogP contribution in [-0.4, -0.2) is 16.5 Å². The lowest BCUT2D eigenvalue weighted by Crippen LogP contribution is -2.08. The molecule has 1 aromatic heterocycles. The molecular formula is C7H10N2O2S. The Labute approximate surface area is 74.4 Å². The topological polar surface area (TPSA) is 56.0 Å². The van der Waals surface area contributed by atoms with E-state index in [1.165, 1.54) is 11.3 Å². The largest absolute Gasteiger partial charge is 0.265 e. The van der Waals surface area contributed by atoms with Crippen LogP contribution in [0.4, 0.5) is 0 Å². The molecule has 0 aliphatic carbocycles. The Balaban J connectivity index is 2.71. The molecular weight excluding hydrogens is 176 g/mol. The molecule has 66 valence electrons. The molecule has 0 aliphatic heterocycles. The van der Waals surface area contributed by atoms with Gasteiger partial charge in [0.1, 0.15) is 0 Å². The van der Waals surface area contributed by atoms with Crippen molar-refractivity contribution in [3.05, 3.63) is 26.2 Å². The van der Waals surface area contributed by atoms with Crippen LogP contribution < -0.4 is 0 Å². The van der Waals surface area contributed by atoms with Crippen molar-refractivity contribution in [1.29, 1.82) is 0 Å². The number of thiazole rings is 1. The van der Waals surface area contributed by atoms with Crippen molar-refractivity contribution in [3.63, 3.8) is 0 Å². The number of aromatic nitrogens is 1. The average molecular weight is 186 g/mol. The van der Waals surface area contributed by atoms with Gasteiger partial charge in [0.05, 0.1) is 17.1 Å². The van der Waals surface area contributed by atoms with E-state index in [1.807, 2.05) is 13.8 Å². The predicted octanol–water partition coefficient (Wildman–Crippen LogP) is 1.83. The van der Waals surface area contributed by atoms with Crippen molar-refractivity contribution < 1.29 is 4.92 Å². The maximum Gasteiger partial charge on any atom is 0.211 e. The standard InChI is InChI=1S/C7H10N2O2S/c1-5(3-9(10)11)7-6(2)8-4-12-7/h4-5H,3H2,1-2H3. The van der Waals surface area contributed by atoms with Gasteiger partial charge in [-0.3, -0.25) is 10.1 Å². The van der Waals surface area contributed by atoms with E-state index in [4.69, 9.17) is 0 Å². The van der Waals surface area contributed by atoms with Crippen molar-refractivity contribution in [3.8, 4) is 0 Å². The Morgan fingerprint density at radius 1 is 1.83 bits per heavy atom. The summed E-state index contributed by atoms with van der Waals surface area (Å²) in [5.41, 5.74) is 2.63. The Morgan fingerprint density at radius 3 is 2.92 bits per heavy atom. The second-order valence-electron chi connectivity index (χ2n) is 2.72. The second-order valence-corrected chi connectivity index (χ2v) is 3.60. The number of hydrogen-bond acceptors (Lipinski definition) is 4. The van der Waals surface area contributed by atoms with E-state index in [1.54, 1.807) is 5.51 Å². The van der Waals surface area contributed by atoms with Crippen molar-refractivity contribution in [2.24, 2.45) is 0 Å². The molecule has 1 atom stereocenters. The molecule has 0 amide bonds. The van der Waals surface area contributed by atoms with Crippen LogP contribution in [0.2, 0.25) is 0 Å². The first kappa shape index (κ1) is 9.12. The molecule has 0 N–H and O–H groups in total. The lowest BCUT2D eigenvalue weighted by molar-refractivity contribution is -0.482. The van der Waals surface area contributed by atoms with Crippen LogP contribution in [-0.2, 0) is 0 Å².